The number of imide groups is 2. The second-order valence-corrected chi connectivity index (χ2v) is 6.24. The fraction of sp³-hybridized carbons (Fsp3) is 0.150. The highest BCUT2D eigenvalue weighted by Crippen LogP contribution is 2.28. The number of carbonyl (C=O) groups is 3. The van der Waals surface area contributed by atoms with Gasteiger partial charge in [0.2, 0.25) is 0 Å². The molecule has 1 aliphatic heterocycles. The first kappa shape index (κ1) is 18.7. The van der Waals surface area contributed by atoms with E-state index in [1.54, 1.807) is 30.3 Å². The molecule has 0 aromatic heterocycles. The summed E-state index contributed by atoms with van der Waals surface area (Å²) in [6, 6.07) is 11.2. The van der Waals surface area contributed by atoms with Gasteiger partial charge in [-0.3, -0.25) is 14.9 Å². The fourth-order valence-electron chi connectivity index (χ4n) is 2.84. The van der Waals surface area contributed by atoms with Gasteiger partial charge in [-0.1, -0.05) is 42.8 Å². The molecule has 0 saturated carbocycles. The fourth-order valence-corrected chi connectivity index (χ4v) is 3.11. The molecule has 7 heteroatoms. The Morgan fingerprint density at radius 2 is 1.89 bits per heavy atom. The van der Waals surface area contributed by atoms with E-state index in [9.17, 15) is 14.4 Å². The molecule has 0 bridgehead atoms. The molecule has 1 aliphatic rings. The Morgan fingerprint density at radius 3 is 2.56 bits per heavy atom. The third kappa shape index (κ3) is 3.57. The van der Waals surface area contributed by atoms with E-state index in [0.29, 0.717) is 28.4 Å². The average Bonchev–Trinajstić information content (AvgIpc) is 2.65. The van der Waals surface area contributed by atoms with E-state index in [0.717, 1.165) is 10.5 Å². The van der Waals surface area contributed by atoms with Crippen molar-refractivity contribution in [2.45, 2.75) is 13.3 Å². The number of nitrogens with one attached hydrogen (secondary N) is 1. The third-order valence-corrected chi connectivity index (χ3v) is 4.50. The number of amides is 4. The SMILES string of the molecule is CCc1ccccc1N1C(=O)NC(=O)/C(=C/c2ccc(OC)c(Cl)c2)C1=O. The number of hydrogen-bond acceptors (Lipinski definition) is 4. The highest BCUT2D eigenvalue weighted by molar-refractivity contribution is 6.39. The van der Waals surface area contributed by atoms with Crippen LogP contribution < -0.4 is 15.0 Å². The molecule has 1 saturated heterocycles. The van der Waals surface area contributed by atoms with Gasteiger partial charge in [0, 0.05) is 0 Å². The molecule has 0 unspecified atom stereocenters. The number of benzene rings is 2. The summed E-state index contributed by atoms with van der Waals surface area (Å²) in [6.07, 6.45) is 2.03. The minimum absolute atomic E-state index is 0.151. The Morgan fingerprint density at radius 1 is 1.15 bits per heavy atom. The molecule has 6 nitrogen and oxygen atoms in total. The molecule has 2 aromatic rings. The van der Waals surface area contributed by atoms with E-state index in [-0.39, 0.29) is 5.57 Å². The van der Waals surface area contributed by atoms with Gasteiger partial charge in [-0.25, -0.2) is 9.69 Å². The molecule has 0 radical (unpaired) electrons. The molecule has 3 rings (SSSR count). The van der Waals surface area contributed by atoms with Crippen LogP contribution in [0, 0.1) is 0 Å². The molecule has 138 valence electrons. The van der Waals surface area contributed by atoms with Crippen molar-refractivity contribution < 1.29 is 19.1 Å². The highest BCUT2D eigenvalue weighted by Gasteiger charge is 2.37. The Balaban J connectivity index is 2.03. The summed E-state index contributed by atoms with van der Waals surface area (Å²) in [6.45, 7) is 1.92. The number of ether oxygens (including phenoxy) is 1. The van der Waals surface area contributed by atoms with E-state index in [2.05, 4.69) is 5.32 Å². The van der Waals surface area contributed by atoms with Crippen molar-refractivity contribution in [2.24, 2.45) is 0 Å². The van der Waals surface area contributed by atoms with Gasteiger partial charge in [0.05, 0.1) is 17.8 Å². The molecule has 0 atom stereocenters. The first-order valence-corrected chi connectivity index (χ1v) is 8.67. The van der Waals surface area contributed by atoms with E-state index in [4.69, 9.17) is 16.3 Å². The Kier molecular flexibility index (Phi) is 5.28. The molecule has 27 heavy (non-hydrogen) atoms. The lowest BCUT2D eigenvalue weighted by Gasteiger charge is -2.28. The number of carbonyl (C=O) groups excluding carboxylic acids is 3. The Labute approximate surface area is 161 Å². The van der Waals surface area contributed by atoms with Gasteiger partial charge in [-0.15, -0.1) is 0 Å². The molecule has 1 fully saturated rings. The standard InChI is InChI=1S/C20H17ClN2O4/c1-3-13-6-4-5-7-16(13)23-19(25)14(18(24)22-20(23)26)10-12-8-9-17(27-2)15(21)11-12/h4-11H,3H2,1-2H3,(H,22,24,26)/b14-10-. The van der Waals surface area contributed by atoms with Crippen molar-refractivity contribution in [2.75, 3.05) is 12.0 Å². The van der Waals surface area contributed by atoms with Gasteiger partial charge in [0.15, 0.2) is 0 Å². The maximum atomic E-state index is 12.9. The lowest BCUT2D eigenvalue weighted by Crippen LogP contribution is -2.54. The van der Waals surface area contributed by atoms with Crippen LogP contribution in [0.5, 0.6) is 5.75 Å². The molecule has 1 heterocycles. The van der Waals surface area contributed by atoms with Crippen LogP contribution in [0.1, 0.15) is 18.1 Å². The van der Waals surface area contributed by atoms with Crippen LogP contribution in [0.15, 0.2) is 48.0 Å². The van der Waals surface area contributed by atoms with Crippen LogP contribution in [0.3, 0.4) is 0 Å². The van der Waals surface area contributed by atoms with Crippen LogP contribution in [0.25, 0.3) is 6.08 Å². The normalized spacial score (nSPS) is 15.9. The van der Waals surface area contributed by atoms with Crippen LogP contribution in [0.2, 0.25) is 5.02 Å². The topological polar surface area (TPSA) is 75.7 Å². The lowest BCUT2D eigenvalue weighted by atomic mass is 10.0. The molecular formula is C20H17ClN2O4. The predicted octanol–water partition coefficient (Wildman–Crippen LogP) is 3.58. The second kappa shape index (κ2) is 7.63. The van der Waals surface area contributed by atoms with Crippen molar-refractivity contribution in [3.63, 3.8) is 0 Å². The lowest BCUT2D eigenvalue weighted by molar-refractivity contribution is -0.122. The van der Waals surface area contributed by atoms with E-state index in [1.165, 1.54) is 13.2 Å². The van der Waals surface area contributed by atoms with Crippen molar-refractivity contribution in [3.05, 3.63) is 64.2 Å². The number of urea groups is 1. The van der Waals surface area contributed by atoms with E-state index in [1.807, 2.05) is 19.1 Å². The van der Waals surface area contributed by atoms with Crippen molar-refractivity contribution in [1.29, 1.82) is 0 Å². The minimum Gasteiger partial charge on any atom is -0.495 e. The van der Waals surface area contributed by atoms with Gasteiger partial charge >= 0.3 is 6.03 Å². The number of anilines is 1. The summed E-state index contributed by atoms with van der Waals surface area (Å²) in [5.41, 5.74) is 1.66. The molecular weight excluding hydrogens is 368 g/mol. The number of para-hydroxylation sites is 1. The number of aryl methyl sites for hydroxylation is 1. The highest BCUT2D eigenvalue weighted by atomic mass is 35.5. The van der Waals surface area contributed by atoms with Crippen LogP contribution in [-0.4, -0.2) is 25.0 Å². The smallest absolute Gasteiger partial charge is 0.335 e. The largest absolute Gasteiger partial charge is 0.495 e. The summed E-state index contributed by atoms with van der Waals surface area (Å²) in [4.78, 5) is 38.5. The van der Waals surface area contributed by atoms with Gasteiger partial charge in [-0.05, 0) is 41.8 Å². The first-order chi connectivity index (χ1) is 13.0. The molecule has 2 aromatic carbocycles. The van der Waals surface area contributed by atoms with Crippen molar-refractivity contribution >= 4 is 41.2 Å². The molecule has 0 aliphatic carbocycles. The zero-order valence-corrected chi connectivity index (χ0v) is 15.5. The minimum atomic E-state index is -0.768. The van der Waals surface area contributed by atoms with Gasteiger partial charge in [-0.2, -0.15) is 0 Å². The van der Waals surface area contributed by atoms with Crippen LogP contribution in [-0.2, 0) is 16.0 Å². The van der Waals surface area contributed by atoms with E-state index >= 15 is 0 Å². The predicted molar refractivity (Wildman–Crippen MR) is 103 cm³/mol. The summed E-state index contributed by atoms with van der Waals surface area (Å²) in [5.74, 6) is -0.953. The number of rotatable bonds is 4. The number of methoxy groups -OCH3 is 1. The van der Waals surface area contributed by atoms with Crippen molar-refractivity contribution in [1.82, 2.24) is 5.32 Å². The van der Waals surface area contributed by atoms with Crippen LogP contribution in [0.4, 0.5) is 10.5 Å². The first-order valence-electron chi connectivity index (χ1n) is 8.29. The van der Waals surface area contributed by atoms with Gasteiger partial charge in [0.25, 0.3) is 11.8 Å². The Bertz CT molecular complexity index is 968. The zero-order valence-electron chi connectivity index (χ0n) is 14.8. The number of nitrogens with zero attached hydrogens (tertiary/aromatic N) is 1. The monoisotopic (exact) mass is 384 g/mol. The maximum Gasteiger partial charge on any atom is 0.335 e. The number of hydrogen-bond donors (Lipinski definition) is 1. The van der Waals surface area contributed by atoms with Gasteiger partial charge < -0.3 is 4.74 Å². The maximum absolute atomic E-state index is 12.9. The molecule has 0 spiro atoms. The number of barbiturate groups is 1. The van der Waals surface area contributed by atoms with Crippen LogP contribution >= 0.6 is 11.6 Å². The third-order valence-electron chi connectivity index (χ3n) is 4.20. The summed E-state index contributed by atoms with van der Waals surface area (Å²) in [5, 5.41) is 2.57. The average molecular weight is 385 g/mol. The summed E-state index contributed by atoms with van der Waals surface area (Å²) in [7, 11) is 1.49. The summed E-state index contributed by atoms with van der Waals surface area (Å²) >= 11 is 6.10. The number of halogens is 1. The zero-order chi connectivity index (χ0) is 19.6. The quantitative estimate of drug-likeness (QED) is 0.645. The van der Waals surface area contributed by atoms with Gasteiger partial charge in [0.1, 0.15) is 11.3 Å². The molecule has 1 N–H and O–H groups in total. The Hall–Kier alpha value is -3.12. The second-order valence-electron chi connectivity index (χ2n) is 5.83. The molecule has 4 amide bonds. The summed E-state index contributed by atoms with van der Waals surface area (Å²) < 4.78 is 5.09. The van der Waals surface area contributed by atoms with E-state index < -0.39 is 17.8 Å². The van der Waals surface area contributed by atoms with Crippen molar-refractivity contribution in [3.8, 4) is 5.75 Å².